The predicted molar refractivity (Wildman–Crippen MR) is 84.4 cm³/mol. The molecule has 0 aliphatic heterocycles. The summed E-state index contributed by atoms with van der Waals surface area (Å²) in [7, 11) is -3.58. The van der Waals surface area contributed by atoms with E-state index in [2.05, 4.69) is 16.6 Å². The quantitative estimate of drug-likeness (QED) is 0.885. The van der Waals surface area contributed by atoms with Crippen LogP contribution in [0, 0.1) is 31.5 Å². The highest BCUT2D eigenvalue weighted by Crippen LogP contribution is 2.15. The predicted octanol–water partition coefficient (Wildman–Crippen LogP) is 2.77. The Hall–Kier alpha value is -2.16. The highest BCUT2D eigenvalue weighted by molar-refractivity contribution is 7.89. The van der Waals surface area contributed by atoms with Gasteiger partial charge in [0.25, 0.3) is 0 Å². The zero-order valence-electron chi connectivity index (χ0n) is 12.4. The topological polar surface area (TPSA) is 46.2 Å². The maximum atomic E-state index is 12.7. The van der Waals surface area contributed by atoms with E-state index < -0.39 is 10.0 Å². The normalized spacial score (nSPS) is 10.9. The highest BCUT2D eigenvalue weighted by Gasteiger charge is 2.15. The van der Waals surface area contributed by atoms with Crippen molar-refractivity contribution in [3.8, 4) is 11.8 Å². The van der Waals surface area contributed by atoms with Crippen molar-refractivity contribution in [1.82, 2.24) is 4.72 Å². The summed E-state index contributed by atoms with van der Waals surface area (Å²) in [6.07, 6.45) is 0. The van der Waals surface area contributed by atoms with Crippen LogP contribution in [0.2, 0.25) is 0 Å². The Bertz CT molecular complexity index is 831. The summed E-state index contributed by atoms with van der Waals surface area (Å²) in [6.45, 7) is 3.66. The number of aryl methyl sites for hydroxylation is 2. The van der Waals surface area contributed by atoms with Crippen LogP contribution in [0.15, 0.2) is 47.4 Å². The number of rotatable bonds is 3. The van der Waals surface area contributed by atoms with Gasteiger partial charge in [-0.05, 0) is 49.7 Å². The molecule has 0 atom stereocenters. The lowest BCUT2D eigenvalue weighted by atomic mass is 10.2. The molecule has 0 saturated carbocycles. The van der Waals surface area contributed by atoms with Crippen LogP contribution in [0.25, 0.3) is 0 Å². The second-order valence-corrected chi connectivity index (χ2v) is 6.64. The van der Waals surface area contributed by atoms with Gasteiger partial charge in [-0.2, -0.15) is 4.72 Å². The molecule has 0 heterocycles. The molecule has 3 nitrogen and oxygen atoms in total. The van der Waals surface area contributed by atoms with Crippen LogP contribution in [0.1, 0.15) is 16.7 Å². The Labute approximate surface area is 130 Å². The second kappa shape index (κ2) is 6.73. The zero-order chi connectivity index (χ0) is 16.2. The molecule has 1 N–H and O–H groups in total. The lowest BCUT2D eigenvalue weighted by Crippen LogP contribution is -2.24. The molecule has 0 aliphatic rings. The lowest BCUT2D eigenvalue weighted by molar-refractivity contribution is 0.585. The maximum Gasteiger partial charge on any atom is 0.241 e. The highest BCUT2D eigenvalue weighted by atomic mass is 32.2. The van der Waals surface area contributed by atoms with Gasteiger partial charge in [-0.25, -0.2) is 12.8 Å². The third-order valence-corrected chi connectivity index (χ3v) is 4.61. The van der Waals surface area contributed by atoms with Gasteiger partial charge < -0.3 is 0 Å². The van der Waals surface area contributed by atoms with Crippen molar-refractivity contribution in [2.75, 3.05) is 6.54 Å². The maximum absolute atomic E-state index is 12.7. The first kappa shape index (κ1) is 16.2. The fourth-order valence-electron chi connectivity index (χ4n) is 1.99. The Morgan fingerprint density at radius 2 is 1.77 bits per heavy atom. The molecule has 0 aliphatic carbocycles. The zero-order valence-corrected chi connectivity index (χ0v) is 13.2. The van der Waals surface area contributed by atoms with Gasteiger partial charge in [0.05, 0.1) is 11.4 Å². The fourth-order valence-corrected chi connectivity index (χ4v) is 3.14. The fraction of sp³-hybridized carbons (Fsp3) is 0.176. The van der Waals surface area contributed by atoms with Crippen molar-refractivity contribution in [3.05, 3.63) is 65.0 Å². The van der Waals surface area contributed by atoms with Crippen molar-refractivity contribution in [1.29, 1.82) is 0 Å². The number of halogens is 1. The van der Waals surface area contributed by atoms with E-state index in [1.165, 1.54) is 12.1 Å². The summed E-state index contributed by atoms with van der Waals surface area (Å²) in [5.74, 6) is 5.16. The van der Waals surface area contributed by atoms with Gasteiger partial charge in [-0.1, -0.05) is 29.5 Å². The minimum atomic E-state index is -3.58. The molecule has 2 aromatic carbocycles. The van der Waals surface area contributed by atoms with Gasteiger partial charge in [0.2, 0.25) is 10.0 Å². The van der Waals surface area contributed by atoms with E-state index in [1.54, 1.807) is 31.2 Å². The molecular weight excluding hydrogens is 301 g/mol. The van der Waals surface area contributed by atoms with E-state index >= 15 is 0 Å². The van der Waals surface area contributed by atoms with Crippen molar-refractivity contribution in [2.24, 2.45) is 0 Å². The van der Waals surface area contributed by atoms with Crippen molar-refractivity contribution < 1.29 is 12.8 Å². The van der Waals surface area contributed by atoms with Crippen LogP contribution in [-0.2, 0) is 10.0 Å². The molecule has 0 radical (unpaired) electrons. The number of nitrogens with one attached hydrogen (secondary N) is 1. The SMILES string of the molecule is Cc1ccc(S(=O)(=O)NCC#Cc2ccc(F)cc2)c(C)c1. The van der Waals surface area contributed by atoms with Gasteiger partial charge in [0, 0.05) is 5.56 Å². The van der Waals surface area contributed by atoms with Crippen molar-refractivity contribution in [3.63, 3.8) is 0 Å². The molecule has 0 spiro atoms. The standard InChI is InChI=1S/C17H16FNO2S/c1-13-5-10-17(14(2)12-13)22(20,21)19-11-3-4-15-6-8-16(18)9-7-15/h5-10,12,19H,11H2,1-2H3. The molecule has 0 aromatic heterocycles. The van der Waals surface area contributed by atoms with Gasteiger partial charge in [-0.15, -0.1) is 0 Å². The van der Waals surface area contributed by atoms with Crippen molar-refractivity contribution >= 4 is 10.0 Å². The van der Waals surface area contributed by atoms with Gasteiger partial charge >= 0.3 is 0 Å². The molecule has 2 aromatic rings. The summed E-state index contributed by atoms with van der Waals surface area (Å²) in [5.41, 5.74) is 2.33. The summed E-state index contributed by atoms with van der Waals surface area (Å²) < 4.78 is 39.6. The molecule has 22 heavy (non-hydrogen) atoms. The van der Waals surface area contributed by atoms with Gasteiger partial charge in [0.1, 0.15) is 5.82 Å². The van der Waals surface area contributed by atoms with Crippen LogP contribution in [0.4, 0.5) is 4.39 Å². The monoisotopic (exact) mass is 317 g/mol. The van der Waals surface area contributed by atoms with Crippen LogP contribution < -0.4 is 4.72 Å². The van der Waals surface area contributed by atoms with E-state index in [9.17, 15) is 12.8 Å². The Morgan fingerprint density at radius 1 is 1.09 bits per heavy atom. The Morgan fingerprint density at radius 3 is 2.41 bits per heavy atom. The first-order valence-corrected chi connectivity index (χ1v) is 8.18. The summed E-state index contributed by atoms with van der Waals surface area (Å²) >= 11 is 0. The van der Waals surface area contributed by atoms with E-state index in [-0.39, 0.29) is 17.3 Å². The molecule has 0 unspecified atom stereocenters. The summed E-state index contributed by atoms with van der Waals surface area (Å²) in [6, 6.07) is 10.9. The number of hydrogen-bond acceptors (Lipinski definition) is 2. The number of hydrogen-bond donors (Lipinski definition) is 1. The molecule has 0 amide bonds. The number of benzene rings is 2. The van der Waals surface area contributed by atoms with E-state index in [0.717, 1.165) is 5.56 Å². The lowest BCUT2D eigenvalue weighted by Gasteiger charge is -2.07. The van der Waals surface area contributed by atoms with E-state index in [1.807, 2.05) is 13.0 Å². The van der Waals surface area contributed by atoms with Crippen LogP contribution in [0.5, 0.6) is 0 Å². The van der Waals surface area contributed by atoms with Crippen LogP contribution >= 0.6 is 0 Å². The minimum Gasteiger partial charge on any atom is -0.207 e. The molecule has 2 rings (SSSR count). The number of sulfonamides is 1. The average molecular weight is 317 g/mol. The second-order valence-electron chi connectivity index (χ2n) is 4.90. The largest absolute Gasteiger partial charge is 0.241 e. The van der Waals surface area contributed by atoms with E-state index in [4.69, 9.17) is 0 Å². The third-order valence-electron chi connectivity index (χ3n) is 3.05. The molecule has 0 saturated heterocycles. The summed E-state index contributed by atoms with van der Waals surface area (Å²) in [4.78, 5) is 0.252. The summed E-state index contributed by atoms with van der Waals surface area (Å²) in [5, 5.41) is 0. The Kier molecular flexibility index (Phi) is 4.96. The molecule has 114 valence electrons. The molecule has 5 heteroatoms. The smallest absolute Gasteiger partial charge is 0.207 e. The average Bonchev–Trinajstić information content (AvgIpc) is 2.45. The van der Waals surface area contributed by atoms with Gasteiger partial charge in [-0.3, -0.25) is 0 Å². The molecule has 0 fully saturated rings. The first-order chi connectivity index (χ1) is 10.4. The van der Waals surface area contributed by atoms with Crippen LogP contribution in [-0.4, -0.2) is 15.0 Å². The van der Waals surface area contributed by atoms with Crippen molar-refractivity contribution in [2.45, 2.75) is 18.7 Å². The van der Waals surface area contributed by atoms with E-state index in [0.29, 0.717) is 11.1 Å². The minimum absolute atomic E-state index is 0.00692. The first-order valence-electron chi connectivity index (χ1n) is 6.70. The van der Waals surface area contributed by atoms with Gasteiger partial charge in [0.15, 0.2) is 0 Å². The van der Waals surface area contributed by atoms with Crippen LogP contribution in [0.3, 0.4) is 0 Å². The third kappa shape index (κ3) is 4.17. The molecule has 0 bridgehead atoms. The molecular formula is C17H16FNO2S. The Balaban J connectivity index is 2.06.